The van der Waals surface area contributed by atoms with Crippen LogP contribution < -0.4 is 10.5 Å². The zero-order valence-corrected chi connectivity index (χ0v) is 14.9. The first kappa shape index (κ1) is 20.7. The molecule has 4 nitrogen and oxygen atoms in total. The average molecular weight is 329 g/mol. The number of carbonyl (C=O) groups is 1. The molecular weight excluding hydrogens is 300 g/mol. The highest BCUT2D eigenvalue weighted by Gasteiger charge is 2.23. The van der Waals surface area contributed by atoms with E-state index in [0.717, 1.165) is 25.0 Å². The Hall–Kier alpha value is -1.26. The standard InChI is InChI=1S/C17H28N2O2.ClH/c1-5-7-16(18)17(20)19(6-2)13(3)12-14-8-10-15(21-4)11-9-14;/h8-11,13,16H,5-7,12,18H2,1-4H3;1H. The van der Waals surface area contributed by atoms with Crippen LogP contribution in [-0.4, -0.2) is 36.5 Å². The number of likely N-dealkylation sites (N-methyl/N-ethyl adjacent to an activating group) is 1. The molecule has 1 amide bonds. The second kappa shape index (κ2) is 10.5. The number of ether oxygens (including phenoxy) is 1. The molecule has 0 fully saturated rings. The van der Waals surface area contributed by atoms with E-state index in [0.29, 0.717) is 6.54 Å². The smallest absolute Gasteiger partial charge is 0.239 e. The SMILES string of the molecule is CCCC(N)C(=O)N(CC)C(C)Cc1ccc(OC)cc1.Cl. The summed E-state index contributed by atoms with van der Waals surface area (Å²) >= 11 is 0. The molecule has 1 rings (SSSR count). The van der Waals surface area contributed by atoms with Gasteiger partial charge in [-0.15, -0.1) is 12.4 Å². The first-order valence-corrected chi connectivity index (χ1v) is 7.72. The lowest BCUT2D eigenvalue weighted by atomic mass is 10.0. The first-order valence-electron chi connectivity index (χ1n) is 7.72. The van der Waals surface area contributed by atoms with Crippen molar-refractivity contribution in [2.75, 3.05) is 13.7 Å². The van der Waals surface area contributed by atoms with E-state index in [1.807, 2.05) is 43.0 Å². The zero-order chi connectivity index (χ0) is 15.8. The molecule has 0 aliphatic heterocycles. The van der Waals surface area contributed by atoms with Gasteiger partial charge < -0.3 is 15.4 Å². The van der Waals surface area contributed by atoms with Gasteiger partial charge in [0.15, 0.2) is 0 Å². The third-order valence-electron chi connectivity index (χ3n) is 3.76. The van der Waals surface area contributed by atoms with E-state index in [4.69, 9.17) is 10.5 Å². The Morgan fingerprint density at radius 2 is 1.86 bits per heavy atom. The minimum atomic E-state index is -0.381. The predicted octanol–water partition coefficient (Wildman–Crippen LogP) is 3.02. The van der Waals surface area contributed by atoms with E-state index in [1.54, 1.807) is 7.11 Å². The fourth-order valence-electron chi connectivity index (χ4n) is 2.55. The van der Waals surface area contributed by atoms with Crippen molar-refractivity contribution in [1.82, 2.24) is 4.90 Å². The Morgan fingerprint density at radius 3 is 2.32 bits per heavy atom. The Bertz CT molecular complexity index is 437. The molecule has 0 radical (unpaired) electrons. The van der Waals surface area contributed by atoms with Gasteiger partial charge in [0.2, 0.25) is 5.91 Å². The molecule has 2 unspecified atom stereocenters. The molecule has 126 valence electrons. The summed E-state index contributed by atoms with van der Waals surface area (Å²) in [7, 11) is 1.66. The topological polar surface area (TPSA) is 55.6 Å². The van der Waals surface area contributed by atoms with Gasteiger partial charge in [-0.25, -0.2) is 0 Å². The number of hydrogen-bond acceptors (Lipinski definition) is 3. The van der Waals surface area contributed by atoms with Crippen molar-refractivity contribution < 1.29 is 9.53 Å². The van der Waals surface area contributed by atoms with Crippen molar-refractivity contribution in [3.05, 3.63) is 29.8 Å². The summed E-state index contributed by atoms with van der Waals surface area (Å²) in [6.45, 7) is 6.81. The number of hydrogen-bond donors (Lipinski definition) is 1. The van der Waals surface area contributed by atoms with Crippen LogP contribution in [0.25, 0.3) is 0 Å². The fourth-order valence-corrected chi connectivity index (χ4v) is 2.55. The third-order valence-corrected chi connectivity index (χ3v) is 3.76. The quantitative estimate of drug-likeness (QED) is 0.798. The second-order valence-corrected chi connectivity index (χ2v) is 5.42. The molecule has 0 saturated carbocycles. The Labute approximate surface area is 140 Å². The molecule has 2 N–H and O–H groups in total. The minimum Gasteiger partial charge on any atom is -0.497 e. The van der Waals surface area contributed by atoms with Crippen molar-refractivity contribution in [3.8, 4) is 5.75 Å². The summed E-state index contributed by atoms with van der Waals surface area (Å²) in [6.07, 6.45) is 2.49. The average Bonchev–Trinajstić information content (AvgIpc) is 2.48. The van der Waals surface area contributed by atoms with Crippen molar-refractivity contribution in [1.29, 1.82) is 0 Å². The van der Waals surface area contributed by atoms with E-state index >= 15 is 0 Å². The number of nitrogens with zero attached hydrogens (tertiary/aromatic N) is 1. The minimum absolute atomic E-state index is 0. The summed E-state index contributed by atoms with van der Waals surface area (Å²) < 4.78 is 5.16. The summed E-state index contributed by atoms with van der Waals surface area (Å²) in [4.78, 5) is 14.3. The Kier molecular flexibility index (Phi) is 9.86. The molecule has 1 aromatic rings. The van der Waals surface area contributed by atoms with Gasteiger partial charge in [-0.1, -0.05) is 25.5 Å². The van der Waals surface area contributed by atoms with E-state index < -0.39 is 0 Å². The molecule has 0 aromatic heterocycles. The number of benzene rings is 1. The van der Waals surface area contributed by atoms with Crippen molar-refractivity contribution in [3.63, 3.8) is 0 Å². The zero-order valence-electron chi connectivity index (χ0n) is 14.0. The normalized spacial score (nSPS) is 13.0. The van der Waals surface area contributed by atoms with Crippen LogP contribution in [0.15, 0.2) is 24.3 Å². The van der Waals surface area contributed by atoms with Gasteiger partial charge in [0.05, 0.1) is 13.2 Å². The van der Waals surface area contributed by atoms with E-state index in [-0.39, 0.29) is 30.4 Å². The number of carbonyl (C=O) groups excluding carboxylic acids is 1. The second-order valence-electron chi connectivity index (χ2n) is 5.42. The van der Waals surface area contributed by atoms with Gasteiger partial charge in [0.1, 0.15) is 5.75 Å². The third kappa shape index (κ3) is 5.85. The molecule has 0 aliphatic carbocycles. The van der Waals surface area contributed by atoms with Crippen LogP contribution in [0.5, 0.6) is 5.75 Å². The number of rotatable bonds is 8. The first-order chi connectivity index (χ1) is 10.0. The van der Waals surface area contributed by atoms with Crippen LogP contribution in [0, 0.1) is 0 Å². The van der Waals surface area contributed by atoms with Crippen molar-refractivity contribution in [2.24, 2.45) is 5.73 Å². The maximum Gasteiger partial charge on any atom is 0.239 e. The number of amides is 1. The Balaban J connectivity index is 0.00000441. The van der Waals surface area contributed by atoms with Crippen molar-refractivity contribution >= 4 is 18.3 Å². The molecule has 0 heterocycles. The molecule has 0 aliphatic rings. The van der Waals surface area contributed by atoms with Crippen molar-refractivity contribution in [2.45, 2.75) is 52.1 Å². The highest BCUT2D eigenvalue weighted by atomic mass is 35.5. The maximum absolute atomic E-state index is 12.4. The number of methoxy groups -OCH3 is 1. The van der Waals surface area contributed by atoms with Crippen LogP contribution in [0.2, 0.25) is 0 Å². The van der Waals surface area contributed by atoms with Crippen LogP contribution >= 0.6 is 12.4 Å². The molecule has 22 heavy (non-hydrogen) atoms. The molecule has 0 spiro atoms. The highest BCUT2D eigenvalue weighted by molar-refractivity contribution is 5.85. The monoisotopic (exact) mass is 328 g/mol. The fraction of sp³-hybridized carbons (Fsp3) is 0.588. The summed E-state index contributed by atoms with van der Waals surface area (Å²) in [5, 5.41) is 0. The molecule has 0 saturated heterocycles. The van der Waals surface area contributed by atoms with E-state index in [2.05, 4.69) is 6.92 Å². The van der Waals surface area contributed by atoms with E-state index in [1.165, 1.54) is 5.56 Å². The molecule has 1 aromatic carbocycles. The van der Waals surface area contributed by atoms with Gasteiger partial charge in [-0.05, 0) is 44.4 Å². The summed E-state index contributed by atoms with van der Waals surface area (Å²) in [5.74, 6) is 0.903. The summed E-state index contributed by atoms with van der Waals surface area (Å²) in [6, 6.07) is 7.73. The molecule has 2 atom stereocenters. The maximum atomic E-state index is 12.4. The van der Waals surface area contributed by atoms with Gasteiger partial charge >= 0.3 is 0 Å². The largest absolute Gasteiger partial charge is 0.497 e. The predicted molar refractivity (Wildman–Crippen MR) is 93.7 cm³/mol. The van der Waals surface area contributed by atoms with Crippen LogP contribution in [0.3, 0.4) is 0 Å². The number of nitrogens with two attached hydrogens (primary N) is 1. The van der Waals surface area contributed by atoms with Gasteiger partial charge in [0, 0.05) is 12.6 Å². The molecule has 5 heteroatoms. The van der Waals surface area contributed by atoms with Gasteiger partial charge in [-0.2, -0.15) is 0 Å². The van der Waals surface area contributed by atoms with Crippen LogP contribution in [-0.2, 0) is 11.2 Å². The van der Waals surface area contributed by atoms with Crippen LogP contribution in [0.1, 0.15) is 39.2 Å². The van der Waals surface area contributed by atoms with Gasteiger partial charge in [-0.3, -0.25) is 4.79 Å². The van der Waals surface area contributed by atoms with E-state index in [9.17, 15) is 4.79 Å². The van der Waals surface area contributed by atoms with Gasteiger partial charge in [0.25, 0.3) is 0 Å². The summed E-state index contributed by atoms with van der Waals surface area (Å²) in [5.41, 5.74) is 7.16. The highest BCUT2D eigenvalue weighted by Crippen LogP contribution is 2.15. The molecule has 0 bridgehead atoms. The lowest BCUT2D eigenvalue weighted by molar-refractivity contribution is -0.134. The lowest BCUT2D eigenvalue weighted by Gasteiger charge is -2.30. The van der Waals surface area contributed by atoms with Crippen LogP contribution in [0.4, 0.5) is 0 Å². The Morgan fingerprint density at radius 1 is 1.27 bits per heavy atom. The number of halogens is 1. The lowest BCUT2D eigenvalue weighted by Crippen LogP contribution is -2.48. The molecular formula is C17H29ClN2O2.